The Bertz CT molecular complexity index is 1150. The molecule has 0 spiro atoms. The summed E-state index contributed by atoms with van der Waals surface area (Å²) in [7, 11) is 0. The molecule has 170 valence electrons. The molecule has 33 heavy (non-hydrogen) atoms. The molecule has 0 unspecified atom stereocenters. The third-order valence-corrected chi connectivity index (χ3v) is 6.90. The zero-order valence-electron chi connectivity index (χ0n) is 18.1. The average molecular weight is 485 g/mol. The monoisotopic (exact) mass is 484 g/mol. The molecule has 1 fully saturated rings. The van der Waals surface area contributed by atoms with Crippen LogP contribution in [-0.2, 0) is 9.59 Å². The summed E-state index contributed by atoms with van der Waals surface area (Å²) in [5.41, 5.74) is 1.46. The van der Waals surface area contributed by atoms with Gasteiger partial charge in [-0.25, -0.2) is 5.01 Å². The number of aryl methyl sites for hydroxylation is 1. The molecule has 8 heteroatoms. The van der Waals surface area contributed by atoms with Crippen LogP contribution in [0.3, 0.4) is 0 Å². The number of fused-ring (bicyclic) bond motifs is 1. The maximum Gasteiger partial charge on any atom is 0.273 e. The van der Waals surface area contributed by atoms with Crippen molar-refractivity contribution in [1.82, 2.24) is 10.0 Å². The zero-order chi connectivity index (χ0) is 23.9. The summed E-state index contributed by atoms with van der Waals surface area (Å²) in [5, 5.41) is 2.25. The Hall–Kier alpha value is -2.96. The average Bonchev–Trinajstić information content (AvgIpc) is 3.06. The largest absolute Gasteiger partial charge is 0.292 e. The fourth-order valence-corrected chi connectivity index (χ4v) is 4.56. The third-order valence-electron chi connectivity index (χ3n) is 6.16. The number of rotatable bonds is 5. The van der Waals surface area contributed by atoms with Gasteiger partial charge in [0.15, 0.2) is 5.78 Å². The van der Waals surface area contributed by atoms with Gasteiger partial charge in [0.1, 0.15) is 6.04 Å². The lowest BCUT2D eigenvalue weighted by molar-refractivity contribution is -0.156. The molecule has 0 radical (unpaired) electrons. The summed E-state index contributed by atoms with van der Waals surface area (Å²) < 4.78 is 0. The van der Waals surface area contributed by atoms with E-state index in [4.69, 9.17) is 23.2 Å². The van der Waals surface area contributed by atoms with Crippen molar-refractivity contribution in [2.45, 2.75) is 32.7 Å². The Morgan fingerprint density at radius 2 is 1.45 bits per heavy atom. The van der Waals surface area contributed by atoms with Gasteiger partial charge in [-0.3, -0.25) is 19.2 Å². The SMILES string of the molecule is Cc1ccc(C(=O)[C@H](C)N(C(=O)c2ccc(Cl)c(Cl)c2)N2C(=O)[C@@H]3CC=CC[C@H]3C2=O)cc1. The lowest BCUT2D eigenvalue weighted by Crippen LogP contribution is -2.56. The van der Waals surface area contributed by atoms with Crippen molar-refractivity contribution in [3.63, 3.8) is 0 Å². The fourth-order valence-electron chi connectivity index (χ4n) is 4.27. The van der Waals surface area contributed by atoms with E-state index in [0.717, 1.165) is 15.6 Å². The highest BCUT2D eigenvalue weighted by Gasteiger charge is 2.52. The quantitative estimate of drug-likeness (QED) is 0.344. The number of hydrogen-bond acceptors (Lipinski definition) is 4. The lowest BCUT2D eigenvalue weighted by atomic mass is 9.85. The Balaban J connectivity index is 1.76. The molecule has 1 aliphatic carbocycles. The van der Waals surface area contributed by atoms with Gasteiger partial charge in [0.2, 0.25) is 0 Å². The van der Waals surface area contributed by atoms with Crippen LogP contribution in [0.4, 0.5) is 0 Å². The standard InChI is InChI=1S/C25H22Cl2N2O4/c1-14-7-9-16(10-8-14)22(30)15(2)28(23(31)17-11-12-20(26)21(27)13-17)29-24(32)18-5-3-4-6-19(18)25(29)33/h3-4,7-13,15,18-19H,5-6H2,1-2H3/t15-,18+,19+/m0/s1. The molecule has 1 heterocycles. The Morgan fingerprint density at radius 3 is 2.00 bits per heavy atom. The molecule has 0 N–H and O–H groups in total. The molecule has 2 aromatic carbocycles. The molecular weight excluding hydrogens is 463 g/mol. The molecule has 2 aromatic rings. The van der Waals surface area contributed by atoms with Gasteiger partial charge in [-0.15, -0.1) is 0 Å². The van der Waals surface area contributed by atoms with E-state index in [9.17, 15) is 19.2 Å². The summed E-state index contributed by atoms with van der Waals surface area (Å²) in [6.07, 6.45) is 4.56. The predicted molar refractivity (Wildman–Crippen MR) is 125 cm³/mol. The van der Waals surface area contributed by atoms with E-state index in [-0.39, 0.29) is 15.6 Å². The van der Waals surface area contributed by atoms with Crippen LogP contribution in [0.2, 0.25) is 10.0 Å². The van der Waals surface area contributed by atoms with E-state index in [0.29, 0.717) is 18.4 Å². The van der Waals surface area contributed by atoms with Crippen molar-refractivity contribution < 1.29 is 19.2 Å². The smallest absolute Gasteiger partial charge is 0.273 e. The number of imide groups is 1. The van der Waals surface area contributed by atoms with Crippen molar-refractivity contribution in [1.29, 1.82) is 0 Å². The second-order valence-corrected chi connectivity index (χ2v) is 9.14. The third kappa shape index (κ3) is 4.21. The topological polar surface area (TPSA) is 74.8 Å². The lowest BCUT2D eigenvalue weighted by Gasteiger charge is -2.34. The zero-order valence-corrected chi connectivity index (χ0v) is 19.6. The first-order valence-electron chi connectivity index (χ1n) is 10.6. The minimum absolute atomic E-state index is 0.113. The molecular formula is C25H22Cl2N2O4. The van der Waals surface area contributed by atoms with Crippen LogP contribution in [0.15, 0.2) is 54.6 Å². The molecule has 0 bridgehead atoms. The second kappa shape index (κ2) is 9.12. The Labute approximate surface area is 201 Å². The van der Waals surface area contributed by atoms with Gasteiger partial charge in [0, 0.05) is 11.1 Å². The normalized spacial score (nSPS) is 20.5. The van der Waals surface area contributed by atoms with Crippen LogP contribution in [0.5, 0.6) is 0 Å². The second-order valence-electron chi connectivity index (χ2n) is 8.33. The van der Waals surface area contributed by atoms with Crippen molar-refractivity contribution in [2.24, 2.45) is 11.8 Å². The first kappa shape index (κ1) is 23.2. The molecule has 4 rings (SSSR count). The number of ketones is 1. The van der Waals surface area contributed by atoms with Crippen LogP contribution in [-0.4, -0.2) is 39.6 Å². The number of carbonyl (C=O) groups excluding carboxylic acids is 4. The van der Waals surface area contributed by atoms with Crippen LogP contribution in [0.25, 0.3) is 0 Å². The van der Waals surface area contributed by atoms with E-state index in [1.807, 2.05) is 19.1 Å². The highest BCUT2D eigenvalue weighted by molar-refractivity contribution is 6.42. The van der Waals surface area contributed by atoms with Crippen molar-refractivity contribution in [3.8, 4) is 0 Å². The summed E-state index contributed by atoms with van der Waals surface area (Å²) in [4.78, 5) is 53.5. The van der Waals surface area contributed by atoms with Crippen molar-refractivity contribution >= 4 is 46.7 Å². The highest BCUT2D eigenvalue weighted by Crippen LogP contribution is 2.37. The maximum absolute atomic E-state index is 13.6. The molecule has 2 aliphatic rings. The Kier molecular flexibility index (Phi) is 6.41. The number of hydrazine groups is 1. The minimum atomic E-state index is -1.12. The van der Waals surface area contributed by atoms with Gasteiger partial charge in [-0.1, -0.05) is 65.2 Å². The first-order chi connectivity index (χ1) is 15.7. The highest BCUT2D eigenvalue weighted by atomic mass is 35.5. The molecule has 1 aliphatic heterocycles. The number of Topliss-reactive ketones (excluding diaryl/α,β-unsaturated/α-hetero) is 1. The molecule has 1 saturated heterocycles. The molecule has 3 amide bonds. The van der Waals surface area contributed by atoms with Gasteiger partial charge >= 0.3 is 0 Å². The van der Waals surface area contributed by atoms with Crippen molar-refractivity contribution in [2.75, 3.05) is 0 Å². The number of halogens is 2. The van der Waals surface area contributed by atoms with E-state index in [2.05, 4.69) is 0 Å². The van der Waals surface area contributed by atoms with Crippen LogP contribution in [0, 0.1) is 18.8 Å². The summed E-state index contributed by atoms with van der Waals surface area (Å²) in [6.45, 7) is 3.41. The van der Waals surface area contributed by atoms with E-state index >= 15 is 0 Å². The van der Waals surface area contributed by atoms with E-state index in [1.165, 1.54) is 25.1 Å². The maximum atomic E-state index is 13.6. The number of carbonyl (C=O) groups is 4. The number of nitrogens with zero attached hydrogens (tertiary/aromatic N) is 2. The van der Waals surface area contributed by atoms with Crippen LogP contribution < -0.4 is 0 Å². The number of hydrogen-bond donors (Lipinski definition) is 0. The van der Waals surface area contributed by atoms with Crippen LogP contribution in [0.1, 0.15) is 46.0 Å². The van der Waals surface area contributed by atoms with Gasteiger partial charge in [-0.2, -0.15) is 5.01 Å². The van der Waals surface area contributed by atoms with Gasteiger partial charge in [0.25, 0.3) is 17.7 Å². The van der Waals surface area contributed by atoms with E-state index in [1.54, 1.807) is 24.3 Å². The van der Waals surface area contributed by atoms with Gasteiger partial charge < -0.3 is 0 Å². The molecule has 6 nitrogen and oxygen atoms in total. The van der Waals surface area contributed by atoms with Gasteiger partial charge in [0.05, 0.1) is 21.9 Å². The predicted octanol–water partition coefficient (Wildman–Crippen LogP) is 4.88. The molecule has 0 saturated carbocycles. The summed E-state index contributed by atoms with van der Waals surface area (Å²) in [5.74, 6) is -3.13. The fraction of sp³-hybridized carbons (Fsp3) is 0.280. The van der Waals surface area contributed by atoms with Crippen molar-refractivity contribution in [3.05, 3.63) is 81.4 Å². The summed E-state index contributed by atoms with van der Waals surface area (Å²) in [6, 6.07) is 10.1. The Morgan fingerprint density at radius 1 is 0.909 bits per heavy atom. The van der Waals surface area contributed by atoms with E-state index < -0.39 is 41.4 Å². The van der Waals surface area contributed by atoms with Crippen LogP contribution >= 0.6 is 23.2 Å². The number of allylic oxidation sites excluding steroid dienone is 2. The first-order valence-corrected chi connectivity index (χ1v) is 11.4. The van der Waals surface area contributed by atoms with Gasteiger partial charge in [-0.05, 0) is 44.9 Å². The number of benzene rings is 2. The minimum Gasteiger partial charge on any atom is -0.292 e. The molecule has 0 aromatic heterocycles. The molecule has 3 atom stereocenters. The number of amides is 3. The summed E-state index contributed by atoms with van der Waals surface area (Å²) >= 11 is 12.1.